The molecule has 2 heteroatoms. The zero-order chi connectivity index (χ0) is 15.5. The van der Waals surface area contributed by atoms with Crippen LogP contribution in [0.5, 0.6) is 0 Å². The lowest BCUT2D eigenvalue weighted by Gasteiger charge is -2.12. The first-order chi connectivity index (χ1) is 10.7. The van der Waals surface area contributed by atoms with Crippen LogP contribution in [0.2, 0.25) is 0 Å². The normalized spacial score (nSPS) is 10.5. The molecule has 0 saturated carbocycles. The summed E-state index contributed by atoms with van der Waals surface area (Å²) in [6, 6.07) is 23.3. The highest BCUT2D eigenvalue weighted by atomic mass is 79.9. The predicted octanol–water partition coefficient (Wildman–Crippen LogP) is 5.66. The number of halogens is 1. The maximum Gasteiger partial charge on any atom is 0.193 e. The van der Waals surface area contributed by atoms with Crippen LogP contribution in [-0.4, -0.2) is 5.78 Å². The van der Waals surface area contributed by atoms with Crippen LogP contribution in [0, 0.1) is 6.92 Å². The Labute approximate surface area is 138 Å². The summed E-state index contributed by atoms with van der Waals surface area (Å²) in [5, 5.41) is 0. The number of hydrogen-bond donors (Lipinski definition) is 0. The molecule has 22 heavy (non-hydrogen) atoms. The van der Waals surface area contributed by atoms with Crippen molar-refractivity contribution in [3.8, 4) is 11.1 Å². The highest BCUT2D eigenvalue weighted by molar-refractivity contribution is 9.10. The first kappa shape index (κ1) is 14.7. The van der Waals surface area contributed by atoms with Gasteiger partial charge in [0, 0.05) is 15.6 Å². The molecular formula is C20H15BrO. The van der Waals surface area contributed by atoms with Crippen LogP contribution in [0.1, 0.15) is 21.5 Å². The Kier molecular flexibility index (Phi) is 4.21. The second-order valence-corrected chi connectivity index (χ2v) is 6.12. The van der Waals surface area contributed by atoms with Crippen molar-refractivity contribution in [2.75, 3.05) is 0 Å². The van der Waals surface area contributed by atoms with Gasteiger partial charge in [-0.2, -0.15) is 0 Å². The largest absolute Gasteiger partial charge is 0.289 e. The SMILES string of the molecule is Cc1ccccc1-c1cc(Br)ccc1C(=O)c1ccccc1. The van der Waals surface area contributed by atoms with Gasteiger partial charge in [-0.25, -0.2) is 0 Å². The summed E-state index contributed by atoms with van der Waals surface area (Å²) in [6.07, 6.45) is 0. The van der Waals surface area contributed by atoms with E-state index in [1.165, 1.54) is 0 Å². The van der Waals surface area contributed by atoms with Crippen molar-refractivity contribution in [3.63, 3.8) is 0 Å². The summed E-state index contributed by atoms with van der Waals surface area (Å²) in [5.41, 5.74) is 4.63. The fourth-order valence-corrected chi connectivity index (χ4v) is 2.92. The van der Waals surface area contributed by atoms with Crippen molar-refractivity contribution in [1.82, 2.24) is 0 Å². The molecule has 0 aliphatic carbocycles. The van der Waals surface area contributed by atoms with E-state index in [2.05, 4.69) is 35.0 Å². The third kappa shape index (κ3) is 2.88. The zero-order valence-electron chi connectivity index (χ0n) is 12.2. The first-order valence-corrected chi connectivity index (χ1v) is 7.91. The maximum atomic E-state index is 12.8. The molecule has 0 bridgehead atoms. The van der Waals surface area contributed by atoms with Crippen molar-refractivity contribution in [2.24, 2.45) is 0 Å². The van der Waals surface area contributed by atoms with Gasteiger partial charge in [-0.15, -0.1) is 0 Å². The highest BCUT2D eigenvalue weighted by Crippen LogP contribution is 2.31. The van der Waals surface area contributed by atoms with E-state index in [0.29, 0.717) is 5.56 Å². The van der Waals surface area contributed by atoms with E-state index in [9.17, 15) is 4.79 Å². The fourth-order valence-electron chi connectivity index (χ4n) is 2.56. The Bertz CT molecular complexity index is 822. The maximum absolute atomic E-state index is 12.8. The van der Waals surface area contributed by atoms with Crippen LogP contribution in [0.25, 0.3) is 11.1 Å². The van der Waals surface area contributed by atoms with Gasteiger partial charge in [0.2, 0.25) is 0 Å². The molecule has 0 N–H and O–H groups in total. The van der Waals surface area contributed by atoms with E-state index in [1.54, 1.807) is 0 Å². The molecule has 0 saturated heterocycles. The Morgan fingerprint density at radius 2 is 1.50 bits per heavy atom. The summed E-state index contributed by atoms with van der Waals surface area (Å²) in [7, 11) is 0. The van der Waals surface area contributed by atoms with Gasteiger partial charge < -0.3 is 0 Å². The van der Waals surface area contributed by atoms with Gasteiger partial charge in [-0.05, 0) is 41.8 Å². The number of benzene rings is 3. The van der Waals surface area contributed by atoms with E-state index in [0.717, 1.165) is 26.7 Å². The van der Waals surface area contributed by atoms with E-state index < -0.39 is 0 Å². The molecular weight excluding hydrogens is 336 g/mol. The minimum atomic E-state index is 0.0475. The van der Waals surface area contributed by atoms with E-state index in [4.69, 9.17) is 0 Å². The van der Waals surface area contributed by atoms with Crippen LogP contribution in [0.4, 0.5) is 0 Å². The summed E-state index contributed by atoms with van der Waals surface area (Å²) in [6.45, 7) is 2.06. The van der Waals surface area contributed by atoms with E-state index in [1.807, 2.05) is 60.7 Å². The van der Waals surface area contributed by atoms with Crippen molar-refractivity contribution in [2.45, 2.75) is 6.92 Å². The lowest BCUT2D eigenvalue weighted by atomic mass is 9.92. The molecule has 0 heterocycles. The molecule has 0 spiro atoms. The molecule has 3 rings (SSSR count). The number of hydrogen-bond acceptors (Lipinski definition) is 1. The van der Waals surface area contributed by atoms with Crippen LogP contribution in [0.3, 0.4) is 0 Å². The molecule has 3 aromatic rings. The zero-order valence-corrected chi connectivity index (χ0v) is 13.8. The molecule has 0 radical (unpaired) electrons. The Balaban J connectivity index is 2.18. The standard InChI is InChI=1S/C20H15BrO/c1-14-7-5-6-10-17(14)19-13-16(21)11-12-18(19)20(22)15-8-3-2-4-9-15/h2-13H,1H3. The molecule has 0 aliphatic heterocycles. The average molecular weight is 351 g/mol. The lowest BCUT2D eigenvalue weighted by molar-refractivity contribution is 0.103. The van der Waals surface area contributed by atoms with E-state index >= 15 is 0 Å². The molecule has 108 valence electrons. The molecule has 3 aromatic carbocycles. The third-order valence-corrected chi connectivity index (χ3v) is 4.19. The summed E-state index contributed by atoms with van der Waals surface area (Å²) in [4.78, 5) is 12.8. The Morgan fingerprint density at radius 3 is 2.23 bits per heavy atom. The number of rotatable bonds is 3. The van der Waals surface area contributed by atoms with Gasteiger partial charge in [-0.1, -0.05) is 70.5 Å². The van der Waals surface area contributed by atoms with Crippen molar-refractivity contribution >= 4 is 21.7 Å². The molecule has 0 aromatic heterocycles. The lowest BCUT2D eigenvalue weighted by Crippen LogP contribution is -2.04. The van der Waals surface area contributed by atoms with E-state index in [-0.39, 0.29) is 5.78 Å². The molecule has 0 amide bonds. The number of carbonyl (C=O) groups is 1. The summed E-state index contributed by atoms with van der Waals surface area (Å²) >= 11 is 3.51. The first-order valence-electron chi connectivity index (χ1n) is 7.12. The molecule has 0 atom stereocenters. The monoisotopic (exact) mass is 350 g/mol. The minimum absolute atomic E-state index is 0.0475. The highest BCUT2D eigenvalue weighted by Gasteiger charge is 2.16. The van der Waals surface area contributed by atoms with Crippen molar-refractivity contribution < 1.29 is 4.79 Å². The van der Waals surface area contributed by atoms with Crippen molar-refractivity contribution in [3.05, 3.63) is 94.0 Å². The van der Waals surface area contributed by atoms with Gasteiger partial charge in [0.1, 0.15) is 0 Å². The van der Waals surface area contributed by atoms with Crippen LogP contribution >= 0.6 is 15.9 Å². The second kappa shape index (κ2) is 6.29. The van der Waals surface area contributed by atoms with Crippen LogP contribution < -0.4 is 0 Å². The number of ketones is 1. The molecule has 0 fully saturated rings. The van der Waals surface area contributed by atoms with Gasteiger partial charge in [0.15, 0.2) is 5.78 Å². The predicted molar refractivity (Wildman–Crippen MR) is 94.2 cm³/mol. The average Bonchev–Trinajstić information content (AvgIpc) is 2.55. The van der Waals surface area contributed by atoms with Gasteiger partial charge in [0.05, 0.1) is 0 Å². The van der Waals surface area contributed by atoms with Gasteiger partial charge in [-0.3, -0.25) is 4.79 Å². The third-order valence-electron chi connectivity index (χ3n) is 3.70. The topological polar surface area (TPSA) is 17.1 Å². The van der Waals surface area contributed by atoms with Gasteiger partial charge in [0.25, 0.3) is 0 Å². The van der Waals surface area contributed by atoms with Crippen molar-refractivity contribution in [1.29, 1.82) is 0 Å². The Morgan fingerprint density at radius 1 is 0.818 bits per heavy atom. The number of carbonyl (C=O) groups excluding carboxylic acids is 1. The second-order valence-electron chi connectivity index (χ2n) is 5.20. The van der Waals surface area contributed by atoms with Crippen LogP contribution in [0.15, 0.2) is 77.3 Å². The fraction of sp³-hybridized carbons (Fsp3) is 0.0500. The summed E-state index contributed by atoms with van der Waals surface area (Å²) in [5.74, 6) is 0.0475. The molecule has 1 nitrogen and oxygen atoms in total. The summed E-state index contributed by atoms with van der Waals surface area (Å²) < 4.78 is 0.968. The smallest absolute Gasteiger partial charge is 0.193 e. The quantitative estimate of drug-likeness (QED) is 0.557. The molecule has 0 unspecified atom stereocenters. The van der Waals surface area contributed by atoms with Gasteiger partial charge >= 0.3 is 0 Å². The van der Waals surface area contributed by atoms with Crippen LogP contribution in [-0.2, 0) is 0 Å². The number of aryl methyl sites for hydroxylation is 1. The molecule has 0 aliphatic rings. The minimum Gasteiger partial charge on any atom is -0.289 e. The Hall–Kier alpha value is -2.19.